The third-order valence-electron chi connectivity index (χ3n) is 2.66. The van der Waals surface area contributed by atoms with Crippen molar-refractivity contribution in [3.8, 4) is 0 Å². The molecule has 136 valence electrons. The Kier molecular flexibility index (Phi) is 8.58. The number of nitrogens with one attached hydrogen (secondary N) is 2. The summed E-state index contributed by atoms with van der Waals surface area (Å²) in [6.07, 6.45) is 2.28. The highest BCUT2D eigenvalue weighted by Crippen LogP contribution is 2.27. The molecule has 0 spiro atoms. The molecule has 0 aliphatic heterocycles. The highest BCUT2D eigenvalue weighted by atomic mass is 32.2. The molecule has 0 saturated heterocycles. The Morgan fingerprint density at radius 3 is 2.12 bits per heavy atom. The minimum atomic E-state index is -0.182. The van der Waals surface area contributed by atoms with Gasteiger partial charge >= 0.3 is 0 Å². The third kappa shape index (κ3) is 7.26. The zero-order chi connectivity index (χ0) is 18.1. The zero-order valence-corrected chi connectivity index (χ0v) is 17.0. The Morgan fingerprint density at radius 1 is 0.920 bits per heavy atom. The highest BCUT2D eigenvalue weighted by Gasteiger charge is 2.12. The molecule has 2 aromatic rings. The van der Waals surface area contributed by atoms with E-state index in [-0.39, 0.29) is 17.6 Å². The first kappa shape index (κ1) is 20.1. The number of aromatic nitrogens is 4. The SMILES string of the molecule is CCCCC(=O)Nc1nnc(SCC(=O)Nc2nnc(SCC)s2)s1. The smallest absolute Gasteiger partial charge is 0.236 e. The summed E-state index contributed by atoms with van der Waals surface area (Å²) in [5.41, 5.74) is 0. The van der Waals surface area contributed by atoms with Crippen molar-refractivity contribution in [1.82, 2.24) is 20.4 Å². The number of thioether (sulfide) groups is 2. The molecule has 0 aliphatic rings. The molecule has 2 aromatic heterocycles. The van der Waals surface area contributed by atoms with Crippen LogP contribution in [0.3, 0.4) is 0 Å². The summed E-state index contributed by atoms with van der Waals surface area (Å²) in [6.45, 7) is 4.06. The molecule has 2 N–H and O–H groups in total. The lowest BCUT2D eigenvalue weighted by atomic mass is 10.2. The highest BCUT2D eigenvalue weighted by molar-refractivity contribution is 8.01. The minimum Gasteiger partial charge on any atom is -0.301 e. The van der Waals surface area contributed by atoms with E-state index in [9.17, 15) is 9.59 Å². The van der Waals surface area contributed by atoms with Gasteiger partial charge in [0, 0.05) is 6.42 Å². The van der Waals surface area contributed by atoms with E-state index < -0.39 is 0 Å². The molecule has 2 heterocycles. The predicted octanol–water partition coefficient (Wildman–Crippen LogP) is 3.36. The molecular formula is C13H18N6O2S4. The molecule has 0 unspecified atom stereocenters. The van der Waals surface area contributed by atoms with E-state index in [0.717, 1.165) is 22.9 Å². The van der Waals surface area contributed by atoms with Crippen molar-refractivity contribution in [2.75, 3.05) is 22.1 Å². The number of nitrogens with zero attached hydrogens (tertiary/aromatic N) is 4. The second-order valence-corrected chi connectivity index (χ2v) is 9.36. The van der Waals surface area contributed by atoms with Crippen LogP contribution in [-0.2, 0) is 9.59 Å². The van der Waals surface area contributed by atoms with E-state index >= 15 is 0 Å². The monoisotopic (exact) mass is 418 g/mol. The summed E-state index contributed by atoms with van der Waals surface area (Å²) in [4.78, 5) is 23.6. The average Bonchev–Trinajstić information content (AvgIpc) is 3.21. The topological polar surface area (TPSA) is 110 Å². The lowest BCUT2D eigenvalue weighted by molar-refractivity contribution is -0.116. The number of carbonyl (C=O) groups is 2. The molecule has 0 bridgehead atoms. The standard InChI is InChI=1S/C13H18N6O2S4/c1-3-5-6-8(20)14-10-16-19-13(25-10)23-7-9(21)15-11-17-18-12(24-11)22-4-2/h3-7H2,1-2H3,(H,14,16,20)(H,15,17,21). The number of hydrogen-bond acceptors (Lipinski definition) is 10. The molecule has 25 heavy (non-hydrogen) atoms. The Balaban J connectivity index is 1.75. The Bertz CT molecular complexity index is 704. The van der Waals surface area contributed by atoms with E-state index in [1.54, 1.807) is 11.8 Å². The van der Waals surface area contributed by atoms with Gasteiger partial charge in [-0.25, -0.2) is 0 Å². The van der Waals surface area contributed by atoms with E-state index in [2.05, 4.69) is 31.0 Å². The fourth-order valence-electron chi connectivity index (χ4n) is 1.56. The second-order valence-electron chi connectivity index (χ2n) is 4.67. The molecule has 0 atom stereocenters. The van der Waals surface area contributed by atoms with Gasteiger partial charge in [0.1, 0.15) is 0 Å². The van der Waals surface area contributed by atoms with Crippen LogP contribution in [-0.4, -0.2) is 43.7 Å². The predicted molar refractivity (Wildman–Crippen MR) is 104 cm³/mol. The summed E-state index contributed by atoms with van der Waals surface area (Å²) in [6, 6.07) is 0. The van der Waals surface area contributed by atoms with Gasteiger partial charge in [-0.15, -0.1) is 20.4 Å². The van der Waals surface area contributed by atoms with Crippen LogP contribution >= 0.6 is 46.2 Å². The fraction of sp³-hybridized carbons (Fsp3) is 0.538. The Labute approximate surface area is 162 Å². The molecule has 8 nitrogen and oxygen atoms in total. The van der Waals surface area contributed by atoms with E-state index in [1.807, 2.05) is 13.8 Å². The van der Waals surface area contributed by atoms with Gasteiger partial charge in [0.15, 0.2) is 8.68 Å². The Morgan fingerprint density at radius 2 is 1.52 bits per heavy atom. The molecule has 2 rings (SSSR count). The lowest BCUT2D eigenvalue weighted by Gasteiger charge is -1.99. The van der Waals surface area contributed by atoms with E-state index in [1.165, 1.54) is 34.4 Å². The van der Waals surface area contributed by atoms with Gasteiger partial charge in [0.25, 0.3) is 0 Å². The summed E-state index contributed by atoms with van der Waals surface area (Å²) in [5, 5.41) is 22.1. The van der Waals surface area contributed by atoms with Crippen molar-refractivity contribution in [2.24, 2.45) is 0 Å². The first-order valence-corrected chi connectivity index (χ1v) is 11.2. The summed E-state index contributed by atoms with van der Waals surface area (Å²) in [5.74, 6) is 0.850. The second kappa shape index (κ2) is 10.7. The average molecular weight is 419 g/mol. The molecule has 0 fully saturated rings. The number of anilines is 2. The quantitative estimate of drug-likeness (QED) is 0.446. The molecule has 0 aliphatic carbocycles. The van der Waals surface area contributed by atoms with Crippen molar-refractivity contribution < 1.29 is 9.59 Å². The van der Waals surface area contributed by atoms with E-state index in [0.29, 0.717) is 21.0 Å². The maximum atomic E-state index is 11.9. The van der Waals surface area contributed by atoms with Gasteiger partial charge in [-0.1, -0.05) is 66.5 Å². The largest absolute Gasteiger partial charge is 0.301 e. The van der Waals surface area contributed by atoms with Crippen molar-refractivity contribution in [3.05, 3.63) is 0 Å². The van der Waals surface area contributed by atoms with Gasteiger partial charge in [0.2, 0.25) is 22.1 Å². The maximum Gasteiger partial charge on any atom is 0.236 e. The van der Waals surface area contributed by atoms with Crippen LogP contribution < -0.4 is 10.6 Å². The van der Waals surface area contributed by atoms with Crippen molar-refractivity contribution >= 4 is 68.3 Å². The van der Waals surface area contributed by atoms with Crippen LogP contribution in [0.5, 0.6) is 0 Å². The molecule has 0 aromatic carbocycles. The van der Waals surface area contributed by atoms with Crippen molar-refractivity contribution in [3.63, 3.8) is 0 Å². The van der Waals surface area contributed by atoms with Gasteiger partial charge < -0.3 is 5.32 Å². The Hall–Kier alpha value is -1.24. The van der Waals surface area contributed by atoms with Gasteiger partial charge in [-0.2, -0.15) is 0 Å². The van der Waals surface area contributed by atoms with Crippen molar-refractivity contribution in [2.45, 2.75) is 41.8 Å². The maximum absolute atomic E-state index is 11.9. The molecule has 0 radical (unpaired) electrons. The van der Waals surface area contributed by atoms with Crippen LogP contribution in [0.15, 0.2) is 8.68 Å². The first-order chi connectivity index (χ1) is 12.1. The number of rotatable bonds is 10. The lowest BCUT2D eigenvalue weighted by Crippen LogP contribution is -2.13. The first-order valence-electron chi connectivity index (χ1n) is 7.63. The molecular weight excluding hydrogens is 400 g/mol. The summed E-state index contributed by atoms with van der Waals surface area (Å²) >= 11 is 5.45. The third-order valence-corrected chi connectivity index (χ3v) is 6.48. The summed E-state index contributed by atoms with van der Waals surface area (Å²) in [7, 11) is 0. The molecule has 2 amide bonds. The van der Waals surface area contributed by atoms with Crippen LogP contribution in [0.2, 0.25) is 0 Å². The molecule has 12 heteroatoms. The zero-order valence-electron chi connectivity index (χ0n) is 13.8. The number of hydrogen-bond donors (Lipinski definition) is 2. The van der Waals surface area contributed by atoms with E-state index in [4.69, 9.17) is 0 Å². The fourth-order valence-corrected chi connectivity index (χ4v) is 4.80. The van der Waals surface area contributed by atoms with Gasteiger partial charge in [0.05, 0.1) is 5.75 Å². The van der Waals surface area contributed by atoms with Gasteiger partial charge in [-0.05, 0) is 12.2 Å². The number of carbonyl (C=O) groups excluding carboxylic acids is 2. The van der Waals surface area contributed by atoms with Crippen LogP contribution in [0.4, 0.5) is 10.3 Å². The normalized spacial score (nSPS) is 10.6. The van der Waals surface area contributed by atoms with Crippen LogP contribution in [0, 0.1) is 0 Å². The van der Waals surface area contributed by atoms with Crippen molar-refractivity contribution in [1.29, 1.82) is 0 Å². The molecule has 0 saturated carbocycles. The minimum absolute atomic E-state index is 0.0654. The van der Waals surface area contributed by atoms with Gasteiger partial charge in [-0.3, -0.25) is 14.9 Å². The summed E-state index contributed by atoms with van der Waals surface area (Å²) < 4.78 is 1.46. The number of amides is 2. The number of unbranched alkanes of at least 4 members (excludes halogenated alkanes) is 1. The van der Waals surface area contributed by atoms with Crippen LogP contribution in [0.25, 0.3) is 0 Å². The van der Waals surface area contributed by atoms with Crippen LogP contribution in [0.1, 0.15) is 33.1 Å².